The Morgan fingerprint density at radius 3 is 2.57 bits per heavy atom. The summed E-state index contributed by atoms with van der Waals surface area (Å²) in [6, 6.07) is 8.57. The molecule has 0 aromatic heterocycles. The van der Waals surface area contributed by atoms with Gasteiger partial charge in [0, 0.05) is 25.0 Å². The molecule has 1 atom stereocenters. The molecule has 1 saturated carbocycles. The molecule has 1 aromatic rings. The van der Waals surface area contributed by atoms with E-state index in [2.05, 4.69) is 0 Å². The third-order valence-corrected chi connectivity index (χ3v) is 3.87. The van der Waals surface area contributed by atoms with E-state index in [1.165, 1.54) is 0 Å². The van der Waals surface area contributed by atoms with Crippen molar-refractivity contribution in [2.45, 2.75) is 57.7 Å². The molecule has 0 spiro atoms. The van der Waals surface area contributed by atoms with Gasteiger partial charge in [-0.15, -0.1) is 0 Å². The van der Waals surface area contributed by atoms with E-state index >= 15 is 0 Å². The summed E-state index contributed by atoms with van der Waals surface area (Å²) in [7, 11) is 1.66. The number of carbonyl (C=O) groups excluding carboxylic acids is 1. The van der Waals surface area contributed by atoms with Crippen LogP contribution in [-0.2, 0) is 11.3 Å². The molecule has 1 aliphatic carbocycles. The van der Waals surface area contributed by atoms with E-state index in [1.807, 2.05) is 36.1 Å². The van der Waals surface area contributed by atoms with Crippen molar-refractivity contribution in [3.8, 4) is 5.75 Å². The number of carbonyl (C=O) groups is 1. The number of amides is 1. The lowest BCUT2D eigenvalue weighted by molar-refractivity contribution is -0.132. The normalized spacial score (nSPS) is 15.6. The molecule has 0 saturated heterocycles. The van der Waals surface area contributed by atoms with Gasteiger partial charge in [-0.3, -0.25) is 4.79 Å². The van der Waals surface area contributed by atoms with Gasteiger partial charge in [-0.05, 0) is 50.3 Å². The summed E-state index contributed by atoms with van der Waals surface area (Å²) in [6.45, 7) is 2.69. The molecule has 2 rings (SSSR count). The van der Waals surface area contributed by atoms with Crippen molar-refractivity contribution in [1.29, 1.82) is 0 Å². The van der Waals surface area contributed by atoms with Crippen LogP contribution in [0.25, 0.3) is 0 Å². The van der Waals surface area contributed by atoms with Gasteiger partial charge in [-0.2, -0.15) is 0 Å². The molecule has 1 unspecified atom stereocenters. The maximum absolute atomic E-state index is 12.4. The molecule has 2 N–H and O–H groups in total. The van der Waals surface area contributed by atoms with Gasteiger partial charge >= 0.3 is 0 Å². The predicted molar refractivity (Wildman–Crippen MR) is 84.1 cm³/mol. The maximum atomic E-state index is 12.4. The fraction of sp³-hybridized carbons (Fsp3) is 0.588. The number of nitrogens with zero attached hydrogens (tertiary/aromatic N) is 1. The van der Waals surface area contributed by atoms with Crippen LogP contribution in [-0.4, -0.2) is 30.0 Å². The summed E-state index contributed by atoms with van der Waals surface area (Å²) in [4.78, 5) is 14.4. The van der Waals surface area contributed by atoms with Gasteiger partial charge in [0.25, 0.3) is 0 Å². The zero-order valence-electron chi connectivity index (χ0n) is 13.0. The molecular formula is C17H26N2O2. The summed E-state index contributed by atoms with van der Waals surface area (Å²) >= 11 is 0. The lowest BCUT2D eigenvalue weighted by Gasteiger charge is -2.23. The van der Waals surface area contributed by atoms with Gasteiger partial charge in [-0.25, -0.2) is 0 Å². The molecule has 21 heavy (non-hydrogen) atoms. The quantitative estimate of drug-likeness (QED) is 0.801. The van der Waals surface area contributed by atoms with Crippen molar-refractivity contribution in [2.75, 3.05) is 7.11 Å². The zero-order chi connectivity index (χ0) is 15.2. The van der Waals surface area contributed by atoms with Crippen molar-refractivity contribution in [2.24, 2.45) is 5.73 Å². The summed E-state index contributed by atoms with van der Waals surface area (Å²) in [5, 5.41) is 0. The van der Waals surface area contributed by atoms with Crippen LogP contribution in [0.15, 0.2) is 24.3 Å². The van der Waals surface area contributed by atoms with Crippen LogP contribution in [0.4, 0.5) is 0 Å². The van der Waals surface area contributed by atoms with Crippen molar-refractivity contribution < 1.29 is 9.53 Å². The number of ether oxygens (including phenoxy) is 1. The van der Waals surface area contributed by atoms with Crippen molar-refractivity contribution in [3.05, 3.63) is 29.8 Å². The third-order valence-electron chi connectivity index (χ3n) is 3.87. The van der Waals surface area contributed by atoms with Crippen LogP contribution in [0, 0.1) is 0 Å². The lowest BCUT2D eigenvalue weighted by atomic mass is 10.1. The Morgan fingerprint density at radius 2 is 2.05 bits per heavy atom. The maximum Gasteiger partial charge on any atom is 0.223 e. The summed E-state index contributed by atoms with van der Waals surface area (Å²) in [5.74, 6) is 1.11. The fourth-order valence-corrected chi connectivity index (χ4v) is 2.45. The smallest absolute Gasteiger partial charge is 0.223 e. The minimum atomic E-state index is 0.175. The molecule has 1 fully saturated rings. The first kappa shape index (κ1) is 15.8. The van der Waals surface area contributed by atoms with Crippen LogP contribution < -0.4 is 10.5 Å². The number of hydrogen-bond donors (Lipinski definition) is 1. The first-order valence-corrected chi connectivity index (χ1v) is 7.78. The van der Waals surface area contributed by atoms with Gasteiger partial charge in [0.2, 0.25) is 5.91 Å². The minimum Gasteiger partial charge on any atom is -0.497 e. The van der Waals surface area contributed by atoms with Gasteiger partial charge in [0.05, 0.1) is 7.11 Å². The number of benzene rings is 1. The first-order valence-electron chi connectivity index (χ1n) is 7.78. The van der Waals surface area contributed by atoms with E-state index in [1.54, 1.807) is 7.11 Å². The molecule has 1 amide bonds. The highest BCUT2D eigenvalue weighted by molar-refractivity contribution is 5.76. The van der Waals surface area contributed by atoms with E-state index in [9.17, 15) is 4.79 Å². The molecule has 0 bridgehead atoms. The number of hydrogen-bond acceptors (Lipinski definition) is 3. The molecule has 4 heteroatoms. The SMILES string of the molecule is COc1ccc(CN(C(=O)CCCC(C)N)C2CC2)cc1. The monoisotopic (exact) mass is 290 g/mol. The van der Waals surface area contributed by atoms with Gasteiger partial charge in [-0.1, -0.05) is 12.1 Å². The second-order valence-electron chi connectivity index (χ2n) is 5.97. The molecule has 4 nitrogen and oxygen atoms in total. The van der Waals surface area contributed by atoms with Crippen LogP contribution >= 0.6 is 0 Å². The Kier molecular flexibility index (Phi) is 5.62. The molecule has 0 aliphatic heterocycles. The van der Waals surface area contributed by atoms with Gasteiger partial charge in [0.1, 0.15) is 5.75 Å². The predicted octanol–water partition coefficient (Wildman–Crippen LogP) is 2.70. The summed E-state index contributed by atoms with van der Waals surface area (Å²) in [6.07, 6.45) is 4.66. The average molecular weight is 290 g/mol. The van der Waals surface area contributed by atoms with E-state index in [4.69, 9.17) is 10.5 Å². The van der Waals surface area contributed by atoms with Crippen molar-refractivity contribution in [1.82, 2.24) is 4.90 Å². The Balaban J connectivity index is 1.90. The zero-order valence-corrected chi connectivity index (χ0v) is 13.0. The molecule has 1 aliphatic rings. The standard InChI is InChI=1S/C17H26N2O2/c1-13(18)4-3-5-17(20)19(15-8-9-15)12-14-6-10-16(21-2)11-7-14/h6-7,10-11,13,15H,3-5,8-9,12,18H2,1-2H3. The lowest BCUT2D eigenvalue weighted by Crippen LogP contribution is -2.32. The first-order chi connectivity index (χ1) is 10.1. The molecule has 0 heterocycles. The van der Waals surface area contributed by atoms with E-state index < -0.39 is 0 Å². The minimum absolute atomic E-state index is 0.175. The third kappa shape index (κ3) is 5.05. The highest BCUT2D eigenvalue weighted by Gasteiger charge is 2.32. The molecule has 116 valence electrons. The fourth-order valence-electron chi connectivity index (χ4n) is 2.45. The van der Waals surface area contributed by atoms with Crippen LogP contribution in [0.5, 0.6) is 5.75 Å². The Hall–Kier alpha value is -1.55. The van der Waals surface area contributed by atoms with Crippen LogP contribution in [0.2, 0.25) is 0 Å². The Bertz CT molecular complexity index is 452. The average Bonchev–Trinajstić information content (AvgIpc) is 3.29. The number of nitrogens with two attached hydrogens (primary N) is 1. The van der Waals surface area contributed by atoms with E-state index in [0.717, 1.165) is 37.0 Å². The van der Waals surface area contributed by atoms with Gasteiger partial charge in [0.15, 0.2) is 0 Å². The molecule has 0 radical (unpaired) electrons. The second-order valence-corrected chi connectivity index (χ2v) is 5.97. The van der Waals surface area contributed by atoms with E-state index in [-0.39, 0.29) is 11.9 Å². The largest absolute Gasteiger partial charge is 0.497 e. The van der Waals surface area contributed by atoms with Gasteiger partial charge < -0.3 is 15.4 Å². The van der Waals surface area contributed by atoms with E-state index in [0.29, 0.717) is 19.0 Å². The van der Waals surface area contributed by atoms with Crippen LogP contribution in [0.1, 0.15) is 44.6 Å². The van der Waals surface area contributed by atoms with Crippen LogP contribution in [0.3, 0.4) is 0 Å². The topological polar surface area (TPSA) is 55.6 Å². The summed E-state index contributed by atoms with van der Waals surface area (Å²) < 4.78 is 5.16. The molecular weight excluding hydrogens is 264 g/mol. The Morgan fingerprint density at radius 1 is 1.38 bits per heavy atom. The van der Waals surface area contributed by atoms with Crippen molar-refractivity contribution >= 4 is 5.91 Å². The second kappa shape index (κ2) is 7.46. The Labute approximate surface area is 127 Å². The highest BCUT2D eigenvalue weighted by atomic mass is 16.5. The number of rotatable bonds is 8. The highest BCUT2D eigenvalue weighted by Crippen LogP contribution is 2.29. The molecule has 1 aromatic carbocycles. The van der Waals surface area contributed by atoms with Crippen molar-refractivity contribution in [3.63, 3.8) is 0 Å². The summed E-state index contributed by atoms with van der Waals surface area (Å²) in [5.41, 5.74) is 6.90. The number of methoxy groups -OCH3 is 1.